The van der Waals surface area contributed by atoms with Gasteiger partial charge in [0.15, 0.2) is 5.82 Å². The van der Waals surface area contributed by atoms with E-state index in [0.717, 1.165) is 5.56 Å². The number of amides is 1. The summed E-state index contributed by atoms with van der Waals surface area (Å²) in [5.74, 6) is 1.70. The fourth-order valence-corrected chi connectivity index (χ4v) is 3.84. The Kier molecular flexibility index (Phi) is 5.19. The first-order chi connectivity index (χ1) is 13.9. The number of carbonyl (C=O) groups excluding carboxylic acids is 1. The summed E-state index contributed by atoms with van der Waals surface area (Å²) < 4.78 is 11.4. The lowest BCUT2D eigenvalue weighted by Gasteiger charge is -2.22. The molecular formula is C21H25N5O3. The van der Waals surface area contributed by atoms with Gasteiger partial charge in [-0.25, -0.2) is 4.98 Å². The Morgan fingerprint density at radius 1 is 1.31 bits per heavy atom. The van der Waals surface area contributed by atoms with Crippen molar-refractivity contribution in [3.05, 3.63) is 64.1 Å². The molecule has 3 heterocycles. The second-order valence-electron chi connectivity index (χ2n) is 7.61. The van der Waals surface area contributed by atoms with Crippen LogP contribution in [0.1, 0.15) is 57.1 Å². The Morgan fingerprint density at radius 2 is 2.14 bits per heavy atom. The van der Waals surface area contributed by atoms with E-state index in [9.17, 15) is 4.79 Å². The Balaban J connectivity index is 1.55. The van der Waals surface area contributed by atoms with Gasteiger partial charge in [-0.3, -0.25) is 9.89 Å². The Bertz CT molecular complexity index is 1010. The highest BCUT2D eigenvalue weighted by Gasteiger charge is 2.40. The van der Waals surface area contributed by atoms with Crippen molar-refractivity contribution in [2.75, 3.05) is 6.54 Å². The van der Waals surface area contributed by atoms with E-state index in [-0.39, 0.29) is 18.1 Å². The molecule has 152 valence electrons. The Hall–Kier alpha value is -3.00. The summed E-state index contributed by atoms with van der Waals surface area (Å²) in [4.78, 5) is 19.5. The minimum absolute atomic E-state index is 0.108. The van der Waals surface area contributed by atoms with Gasteiger partial charge in [0.2, 0.25) is 0 Å². The highest BCUT2D eigenvalue weighted by Crippen LogP contribution is 2.34. The predicted molar refractivity (Wildman–Crippen MR) is 105 cm³/mol. The third-order valence-electron chi connectivity index (χ3n) is 5.25. The largest absolute Gasteiger partial charge is 0.372 e. The van der Waals surface area contributed by atoms with Crippen molar-refractivity contribution in [2.24, 2.45) is 0 Å². The lowest BCUT2D eigenvalue weighted by molar-refractivity contribution is 0.0436. The molecule has 0 aliphatic carbocycles. The van der Waals surface area contributed by atoms with Crippen LogP contribution in [0.3, 0.4) is 0 Å². The van der Waals surface area contributed by atoms with Gasteiger partial charge < -0.3 is 14.2 Å². The number of carbonyl (C=O) groups is 1. The highest BCUT2D eigenvalue weighted by molar-refractivity contribution is 5.96. The fraction of sp³-hybridized carbons (Fsp3) is 0.429. The molecular weight excluding hydrogens is 370 g/mol. The summed E-state index contributed by atoms with van der Waals surface area (Å²) in [6.45, 7) is 8.40. The van der Waals surface area contributed by atoms with Crippen LogP contribution in [0.5, 0.6) is 0 Å². The average Bonchev–Trinajstić information content (AvgIpc) is 3.38. The molecule has 1 amide bonds. The molecule has 1 saturated heterocycles. The Labute approximate surface area is 169 Å². The molecule has 2 atom stereocenters. The topological polar surface area (TPSA) is 97.1 Å². The maximum atomic E-state index is 13.3. The van der Waals surface area contributed by atoms with Crippen molar-refractivity contribution in [3.8, 4) is 0 Å². The smallest absolute Gasteiger partial charge is 0.260 e. The van der Waals surface area contributed by atoms with Gasteiger partial charge in [0.25, 0.3) is 5.91 Å². The molecule has 1 aliphatic rings. The summed E-state index contributed by atoms with van der Waals surface area (Å²) in [6, 6.07) is 7.98. The quantitative estimate of drug-likeness (QED) is 0.712. The first kappa shape index (κ1) is 19.3. The second kappa shape index (κ2) is 7.79. The lowest BCUT2D eigenvalue weighted by Crippen LogP contribution is -2.33. The van der Waals surface area contributed by atoms with Gasteiger partial charge >= 0.3 is 0 Å². The van der Waals surface area contributed by atoms with Crippen molar-refractivity contribution < 1.29 is 14.1 Å². The van der Waals surface area contributed by atoms with Gasteiger partial charge in [-0.1, -0.05) is 35.0 Å². The normalized spacial score (nSPS) is 19.1. The van der Waals surface area contributed by atoms with E-state index in [1.807, 2.05) is 19.1 Å². The second-order valence-corrected chi connectivity index (χ2v) is 7.61. The number of rotatable bonds is 5. The summed E-state index contributed by atoms with van der Waals surface area (Å²) >= 11 is 0. The number of aromatic amines is 1. The molecule has 2 aromatic heterocycles. The number of H-pyrrole nitrogens is 1. The fourth-order valence-electron chi connectivity index (χ4n) is 3.84. The van der Waals surface area contributed by atoms with Crippen LogP contribution >= 0.6 is 0 Å². The van der Waals surface area contributed by atoms with Crippen molar-refractivity contribution in [1.82, 2.24) is 25.2 Å². The molecule has 1 aromatic carbocycles. The van der Waals surface area contributed by atoms with E-state index in [0.29, 0.717) is 48.2 Å². The van der Waals surface area contributed by atoms with Crippen molar-refractivity contribution in [1.29, 1.82) is 0 Å². The molecule has 8 heteroatoms. The zero-order valence-corrected chi connectivity index (χ0v) is 17.1. The lowest BCUT2D eigenvalue weighted by atomic mass is 10.1. The van der Waals surface area contributed by atoms with E-state index in [1.165, 1.54) is 5.56 Å². The number of benzene rings is 1. The number of nitrogens with one attached hydrogen (secondary N) is 1. The van der Waals surface area contributed by atoms with Crippen molar-refractivity contribution in [2.45, 2.75) is 52.9 Å². The molecule has 0 bridgehead atoms. The number of likely N-dealkylation sites (tertiary alicyclic amines) is 1. The monoisotopic (exact) mass is 395 g/mol. The summed E-state index contributed by atoms with van der Waals surface area (Å²) in [6.07, 6.45) is 0.529. The average molecular weight is 395 g/mol. The van der Waals surface area contributed by atoms with Crippen LogP contribution in [0.4, 0.5) is 0 Å². The number of aromatic nitrogens is 4. The maximum Gasteiger partial charge on any atom is 0.260 e. The number of hydrogen-bond donors (Lipinski definition) is 1. The standard InChI is InChI=1S/C21H25N5O3/c1-12-6-5-7-16(8-12)11-28-17-9-18(20-22-15(4)23-24-20)26(10-17)21(27)19-13(2)25-29-14(19)3/h5-8,17-18H,9-11H2,1-4H3,(H,22,23,24)/t17-,18-/m0/s1. The number of ether oxygens (including phenoxy) is 1. The molecule has 0 unspecified atom stereocenters. The van der Waals surface area contributed by atoms with E-state index in [1.54, 1.807) is 18.7 Å². The van der Waals surface area contributed by atoms with Gasteiger partial charge in [-0.2, -0.15) is 5.10 Å². The van der Waals surface area contributed by atoms with Gasteiger partial charge in [0, 0.05) is 13.0 Å². The van der Waals surface area contributed by atoms with Gasteiger partial charge in [0.05, 0.1) is 24.4 Å². The molecule has 3 aromatic rings. The predicted octanol–water partition coefficient (Wildman–Crippen LogP) is 3.20. The highest BCUT2D eigenvalue weighted by atomic mass is 16.5. The van der Waals surface area contributed by atoms with Crippen LogP contribution in [0.15, 0.2) is 28.8 Å². The summed E-state index contributed by atoms with van der Waals surface area (Å²) in [5, 5.41) is 11.1. The number of hydrogen-bond acceptors (Lipinski definition) is 6. The first-order valence-electron chi connectivity index (χ1n) is 9.72. The number of nitrogens with zero attached hydrogens (tertiary/aromatic N) is 4. The van der Waals surface area contributed by atoms with E-state index >= 15 is 0 Å². The molecule has 29 heavy (non-hydrogen) atoms. The minimum Gasteiger partial charge on any atom is -0.372 e. The van der Waals surface area contributed by atoms with Crippen LogP contribution < -0.4 is 0 Å². The third-order valence-corrected chi connectivity index (χ3v) is 5.25. The van der Waals surface area contributed by atoms with Crippen molar-refractivity contribution in [3.63, 3.8) is 0 Å². The molecule has 0 spiro atoms. The summed E-state index contributed by atoms with van der Waals surface area (Å²) in [7, 11) is 0. The Morgan fingerprint density at radius 3 is 2.79 bits per heavy atom. The van der Waals surface area contributed by atoms with E-state index in [2.05, 4.69) is 39.4 Å². The molecule has 0 radical (unpaired) electrons. The SMILES string of the molecule is Cc1cccc(CO[C@H]2C[C@@H](c3n[nH]c(C)n3)N(C(=O)c3c(C)noc3C)C2)c1. The van der Waals surface area contributed by atoms with Crippen LogP contribution in [-0.4, -0.2) is 43.8 Å². The van der Waals surface area contributed by atoms with Gasteiger partial charge in [0.1, 0.15) is 17.1 Å². The van der Waals surface area contributed by atoms with Gasteiger partial charge in [-0.05, 0) is 33.3 Å². The molecule has 0 saturated carbocycles. The molecule has 1 aliphatic heterocycles. The number of aryl methyl sites for hydroxylation is 4. The third kappa shape index (κ3) is 3.93. The van der Waals surface area contributed by atoms with E-state index in [4.69, 9.17) is 9.26 Å². The van der Waals surface area contributed by atoms with Crippen LogP contribution in [0, 0.1) is 27.7 Å². The van der Waals surface area contributed by atoms with Crippen molar-refractivity contribution >= 4 is 5.91 Å². The van der Waals surface area contributed by atoms with Crippen LogP contribution in [0.2, 0.25) is 0 Å². The molecule has 4 rings (SSSR count). The van der Waals surface area contributed by atoms with Crippen LogP contribution in [0.25, 0.3) is 0 Å². The van der Waals surface area contributed by atoms with Gasteiger partial charge in [-0.15, -0.1) is 0 Å². The minimum atomic E-state index is -0.261. The summed E-state index contributed by atoms with van der Waals surface area (Å²) in [5.41, 5.74) is 3.40. The van der Waals surface area contributed by atoms with Crippen LogP contribution in [-0.2, 0) is 11.3 Å². The molecule has 1 N–H and O–H groups in total. The molecule has 8 nitrogen and oxygen atoms in total. The van der Waals surface area contributed by atoms with E-state index < -0.39 is 0 Å². The zero-order valence-electron chi connectivity index (χ0n) is 17.1. The first-order valence-corrected chi connectivity index (χ1v) is 9.72. The maximum absolute atomic E-state index is 13.3. The molecule has 1 fully saturated rings. The zero-order chi connectivity index (χ0) is 20.5.